The van der Waals surface area contributed by atoms with E-state index in [9.17, 15) is 14.4 Å². The molecule has 3 rings (SSSR count). The van der Waals surface area contributed by atoms with Crippen LogP contribution in [0.25, 0.3) is 10.9 Å². The maximum Gasteiger partial charge on any atom is 0.331 e. The summed E-state index contributed by atoms with van der Waals surface area (Å²) in [7, 11) is 0. The second-order valence-electron chi connectivity index (χ2n) is 5.61. The quantitative estimate of drug-likeness (QED) is 0.728. The number of hydrogen-bond acceptors (Lipinski definition) is 4. The lowest BCUT2D eigenvalue weighted by Crippen LogP contribution is -2.42. The van der Waals surface area contributed by atoms with Crippen LogP contribution in [0.1, 0.15) is 12.7 Å². The molecule has 7 heteroatoms. The predicted molar refractivity (Wildman–Crippen MR) is 93.6 cm³/mol. The van der Waals surface area contributed by atoms with Crippen molar-refractivity contribution in [2.75, 3.05) is 6.54 Å². The third kappa shape index (κ3) is 3.40. The van der Waals surface area contributed by atoms with E-state index in [1.807, 2.05) is 6.07 Å². The van der Waals surface area contributed by atoms with Crippen molar-refractivity contribution in [3.05, 3.63) is 69.3 Å². The van der Waals surface area contributed by atoms with Crippen molar-refractivity contribution in [1.29, 1.82) is 0 Å². The molecule has 0 radical (unpaired) electrons. The number of nitrogens with zero attached hydrogens (tertiary/aromatic N) is 2. The first-order valence-electron chi connectivity index (χ1n) is 8.13. The Morgan fingerprint density at radius 1 is 1.12 bits per heavy atom. The number of hydrogen-bond donors (Lipinski definition) is 1. The van der Waals surface area contributed by atoms with Crippen molar-refractivity contribution < 1.29 is 9.21 Å². The summed E-state index contributed by atoms with van der Waals surface area (Å²) in [6, 6.07) is 10.4. The fourth-order valence-electron chi connectivity index (χ4n) is 2.78. The number of furan rings is 1. The Bertz CT molecular complexity index is 999. The van der Waals surface area contributed by atoms with Crippen LogP contribution in [0.5, 0.6) is 0 Å². The third-order valence-electron chi connectivity index (χ3n) is 4.02. The highest BCUT2D eigenvalue weighted by molar-refractivity contribution is 5.81. The average molecular weight is 341 g/mol. The second-order valence-corrected chi connectivity index (χ2v) is 5.61. The topological polar surface area (TPSA) is 86.2 Å². The van der Waals surface area contributed by atoms with Crippen LogP contribution in [-0.4, -0.2) is 21.6 Å². The number of benzene rings is 1. The van der Waals surface area contributed by atoms with Crippen LogP contribution in [0.3, 0.4) is 0 Å². The Hall–Kier alpha value is -3.09. The maximum absolute atomic E-state index is 12.6. The van der Waals surface area contributed by atoms with Crippen molar-refractivity contribution in [3.8, 4) is 0 Å². The summed E-state index contributed by atoms with van der Waals surface area (Å²) in [5.41, 5.74) is -0.353. The van der Waals surface area contributed by atoms with Crippen LogP contribution < -0.4 is 16.6 Å². The molecule has 0 saturated heterocycles. The zero-order valence-electron chi connectivity index (χ0n) is 13.9. The molecule has 1 N–H and O–H groups in total. The SMILES string of the molecule is CCn1c(=O)c2ccccc2n(CC(=O)NCCc2ccco2)c1=O. The molecule has 0 aliphatic heterocycles. The van der Waals surface area contributed by atoms with Gasteiger partial charge >= 0.3 is 5.69 Å². The lowest BCUT2D eigenvalue weighted by molar-refractivity contribution is -0.121. The molecule has 2 aromatic heterocycles. The number of rotatable bonds is 6. The molecule has 0 aliphatic carbocycles. The molecule has 130 valence electrons. The van der Waals surface area contributed by atoms with Crippen LogP contribution in [-0.2, 0) is 24.3 Å². The van der Waals surface area contributed by atoms with E-state index < -0.39 is 5.69 Å². The van der Waals surface area contributed by atoms with Gasteiger partial charge in [-0.15, -0.1) is 0 Å². The van der Waals surface area contributed by atoms with E-state index >= 15 is 0 Å². The number of carbonyl (C=O) groups is 1. The Morgan fingerprint density at radius 3 is 2.64 bits per heavy atom. The predicted octanol–water partition coefficient (Wildman–Crippen LogP) is 1.13. The minimum atomic E-state index is -0.479. The number of carbonyl (C=O) groups excluding carboxylic acids is 1. The Balaban J connectivity index is 1.84. The van der Waals surface area contributed by atoms with Crippen molar-refractivity contribution in [1.82, 2.24) is 14.5 Å². The molecule has 3 aromatic rings. The molecule has 0 fully saturated rings. The average Bonchev–Trinajstić information content (AvgIpc) is 3.12. The molecule has 0 atom stereocenters. The molecule has 0 saturated carbocycles. The highest BCUT2D eigenvalue weighted by atomic mass is 16.3. The zero-order valence-corrected chi connectivity index (χ0v) is 13.9. The van der Waals surface area contributed by atoms with Crippen molar-refractivity contribution in [3.63, 3.8) is 0 Å². The number of aromatic nitrogens is 2. The van der Waals surface area contributed by atoms with Gasteiger partial charge in [0.2, 0.25) is 5.91 Å². The summed E-state index contributed by atoms with van der Waals surface area (Å²) in [6.45, 7) is 2.25. The Kier molecular flexibility index (Phi) is 4.83. The molecule has 1 amide bonds. The van der Waals surface area contributed by atoms with Gasteiger partial charge in [-0.3, -0.25) is 18.7 Å². The number of amides is 1. The van der Waals surface area contributed by atoms with E-state index in [1.54, 1.807) is 43.5 Å². The van der Waals surface area contributed by atoms with Crippen LogP contribution >= 0.6 is 0 Å². The van der Waals surface area contributed by atoms with Gasteiger partial charge in [0.1, 0.15) is 12.3 Å². The first-order valence-corrected chi connectivity index (χ1v) is 8.13. The number of nitrogens with one attached hydrogen (secondary N) is 1. The first-order chi connectivity index (χ1) is 12.1. The van der Waals surface area contributed by atoms with Crippen LogP contribution in [0.4, 0.5) is 0 Å². The van der Waals surface area contributed by atoms with E-state index in [0.717, 1.165) is 10.3 Å². The van der Waals surface area contributed by atoms with Gasteiger partial charge in [-0.05, 0) is 31.2 Å². The highest BCUT2D eigenvalue weighted by Crippen LogP contribution is 2.07. The van der Waals surface area contributed by atoms with Gasteiger partial charge in [0.15, 0.2) is 0 Å². The van der Waals surface area contributed by atoms with Crippen LogP contribution in [0, 0.1) is 0 Å². The molecule has 0 aliphatic rings. The van der Waals surface area contributed by atoms with Crippen molar-refractivity contribution in [2.45, 2.75) is 26.4 Å². The van der Waals surface area contributed by atoms with E-state index in [4.69, 9.17) is 4.42 Å². The smallest absolute Gasteiger partial charge is 0.331 e. The molecule has 0 bridgehead atoms. The van der Waals surface area contributed by atoms with E-state index in [1.165, 1.54) is 4.57 Å². The molecule has 0 spiro atoms. The number of para-hydroxylation sites is 1. The highest BCUT2D eigenvalue weighted by Gasteiger charge is 2.14. The summed E-state index contributed by atoms with van der Waals surface area (Å²) in [4.78, 5) is 37.2. The van der Waals surface area contributed by atoms with Crippen LogP contribution in [0.2, 0.25) is 0 Å². The minimum absolute atomic E-state index is 0.141. The Labute approximate surface area is 143 Å². The van der Waals surface area contributed by atoms with E-state index in [2.05, 4.69) is 5.32 Å². The minimum Gasteiger partial charge on any atom is -0.469 e. The molecule has 1 aromatic carbocycles. The van der Waals surface area contributed by atoms with Gasteiger partial charge in [0, 0.05) is 19.5 Å². The third-order valence-corrected chi connectivity index (χ3v) is 4.02. The number of fused-ring (bicyclic) bond motifs is 1. The van der Waals surface area contributed by atoms with Crippen molar-refractivity contribution >= 4 is 16.8 Å². The largest absolute Gasteiger partial charge is 0.469 e. The Morgan fingerprint density at radius 2 is 1.92 bits per heavy atom. The summed E-state index contributed by atoms with van der Waals surface area (Å²) in [5, 5.41) is 3.19. The maximum atomic E-state index is 12.6. The second kappa shape index (κ2) is 7.21. The standard InChI is InChI=1S/C18H19N3O4/c1-2-20-17(23)14-7-3-4-8-15(14)21(18(20)24)12-16(22)19-10-9-13-6-5-11-25-13/h3-8,11H,2,9-10,12H2,1H3,(H,19,22). The van der Waals surface area contributed by atoms with Crippen molar-refractivity contribution in [2.24, 2.45) is 0 Å². The molecular weight excluding hydrogens is 322 g/mol. The van der Waals surface area contributed by atoms with Gasteiger partial charge in [-0.25, -0.2) is 4.79 Å². The molecule has 7 nitrogen and oxygen atoms in total. The fraction of sp³-hybridized carbons (Fsp3) is 0.278. The first kappa shape index (κ1) is 16.8. The summed E-state index contributed by atoms with van der Waals surface area (Å²) >= 11 is 0. The van der Waals surface area contributed by atoms with Gasteiger partial charge < -0.3 is 9.73 Å². The fourth-order valence-corrected chi connectivity index (χ4v) is 2.78. The van der Waals surface area contributed by atoms with Crippen LogP contribution in [0.15, 0.2) is 56.7 Å². The van der Waals surface area contributed by atoms with E-state index in [-0.39, 0.29) is 24.6 Å². The summed E-state index contributed by atoms with van der Waals surface area (Å²) < 4.78 is 7.68. The molecule has 0 unspecified atom stereocenters. The molecule has 2 heterocycles. The van der Waals surface area contributed by atoms with Gasteiger partial charge in [0.25, 0.3) is 5.56 Å². The van der Waals surface area contributed by atoms with Gasteiger partial charge in [0.05, 0.1) is 17.2 Å². The molecular formula is C18H19N3O4. The zero-order chi connectivity index (χ0) is 17.8. The lowest BCUT2D eigenvalue weighted by atomic mass is 10.2. The van der Waals surface area contributed by atoms with Gasteiger partial charge in [-0.1, -0.05) is 12.1 Å². The monoisotopic (exact) mass is 341 g/mol. The normalized spacial score (nSPS) is 10.9. The molecule has 25 heavy (non-hydrogen) atoms. The van der Waals surface area contributed by atoms with E-state index in [0.29, 0.717) is 23.9 Å². The van der Waals surface area contributed by atoms with Gasteiger partial charge in [-0.2, -0.15) is 0 Å². The summed E-state index contributed by atoms with van der Waals surface area (Å²) in [6.07, 6.45) is 2.15. The summed E-state index contributed by atoms with van der Waals surface area (Å²) in [5.74, 6) is 0.488. The lowest BCUT2D eigenvalue weighted by Gasteiger charge is -2.13.